The lowest BCUT2D eigenvalue weighted by atomic mass is 10.1. The van der Waals surface area contributed by atoms with E-state index in [0.717, 1.165) is 23.9 Å². The predicted molar refractivity (Wildman–Crippen MR) is 78.3 cm³/mol. The molecule has 0 aliphatic carbocycles. The molecule has 1 aromatic heterocycles. The van der Waals surface area contributed by atoms with Crippen LogP contribution in [0.15, 0.2) is 27.6 Å². The van der Waals surface area contributed by atoms with E-state index in [9.17, 15) is 0 Å². The van der Waals surface area contributed by atoms with Gasteiger partial charge in [0.25, 0.3) is 0 Å². The molecule has 1 heterocycles. The lowest BCUT2D eigenvalue weighted by Gasteiger charge is -2.04. The molecule has 19 heavy (non-hydrogen) atoms. The number of hydrogen-bond acceptors (Lipinski definition) is 4. The van der Waals surface area contributed by atoms with E-state index < -0.39 is 0 Å². The first-order valence-corrected chi connectivity index (χ1v) is 7.54. The quantitative estimate of drug-likeness (QED) is 0.768. The molecule has 0 N–H and O–H groups in total. The first-order valence-electron chi connectivity index (χ1n) is 6.56. The lowest BCUT2D eigenvalue weighted by molar-refractivity contribution is 0.360. The van der Waals surface area contributed by atoms with Gasteiger partial charge in [-0.3, -0.25) is 0 Å². The van der Waals surface area contributed by atoms with Crippen LogP contribution in [0.25, 0.3) is 0 Å². The molecule has 0 saturated heterocycles. The van der Waals surface area contributed by atoms with Crippen molar-refractivity contribution in [1.82, 2.24) is 10.1 Å². The smallest absolute Gasteiger partial charge is 0.226 e. The number of benzene rings is 1. The number of nitrogens with zero attached hydrogens (tertiary/aromatic N) is 2. The monoisotopic (exact) mass is 276 g/mol. The van der Waals surface area contributed by atoms with Gasteiger partial charge in [0.15, 0.2) is 5.82 Å². The van der Waals surface area contributed by atoms with Crippen molar-refractivity contribution >= 4 is 11.8 Å². The number of rotatable bonds is 5. The standard InChI is InChI=1S/C15H20N2OS/c1-10(2)7-15-16-14(17-18-15)9-19-13-8-11(3)5-6-12(13)4/h5-6,8,10H,7,9H2,1-4H3. The maximum absolute atomic E-state index is 5.24. The minimum absolute atomic E-state index is 0.542. The average Bonchev–Trinajstić information content (AvgIpc) is 2.77. The average molecular weight is 276 g/mol. The van der Waals surface area contributed by atoms with Crippen LogP contribution in [0.4, 0.5) is 0 Å². The maximum atomic E-state index is 5.24. The van der Waals surface area contributed by atoms with Gasteiger partial charge in [0, 0.05) is 11.3 Å². The van der Waals surface area contributed by atoms with Crippen LogP contribution in [0.1, 0.15) is 36.7 Å². The molecule has 0 amide bonds. The van der Waals surface area contributed by atoms with Crippen molar-refractivity contribution < 1.29 is 4.52 Å². The SMILES string of the molecule is Cc1ccc(C)c(SCc2noc(CC(C)C)n2)c1. The molecular formula is C15H20N2OS. The van der Waals surface area contributed by atoms with E-state index in [0.29, 0.717) is 5.92 Å². The number of aryl methyl sites for hydroxylation is 2. The van der Waals surface area contributed by atoms with Gasteiger partial charge in [-0.1, -0.05) is 36.7 Å². The van der Waals surface area contributed by atoms with Gasteiger partial charge in [0.2, 0.25) is 5.89 Å². The number of aromatic nitrogens is 2. The molecule has 0 aliphatic heterocycles. The first-order chi connectivity index (χ1) is 9.04. The van der Waals surface area contributed by atoms with Crippen LogP contribution in [0.2, 0.25) is 0 Å². The normalized spacial score (nSPS) is 11.2. The zero-order chi connectivity index (χ0) is 13.8. The Balaban J connectivity index is 1.98. The molecule has 0 fully saturated rings. The highest BCUT2D eigenvalue weighted by Gasteiger charge is 2.09. The molecule has 102 valence electrons. The first kappa shape index (κ1) is 14.1. The summed E-state index contributed by atoms with van der Waals surface area (Å²) >= 11 is 1.76. The molecule has 0 atom stereocenters. The fourth-order valence-corrected chi connectivity index (χ4v) is 2.75. The van der Waals surface area contributed by atoms with Crippen molar-refractivity contribution in [3.63, 3.8) is 0 Å². The molecule has 0 aliphatic rings. The second-order valence-corrected chi connectivity index (χ2v) is 6.28. The summed E-state index contributed by atoms with van der Waals surface area (Å²) < 4.78 is 5.24. The van der Waals surface area contributed by atoms with Crippen molar-refractivity contribution in [2.45, 2.75) is 44.8 Å². The highest BCUT2D eigenvalue weighted by Crippen LogP contribution is 2.26. The summed E-state index contributed by atoms with van der Waals surface area (Å²) in [5, 5.41) is 4.03. The minimum atomic E-state index is 0.542. The second-order valence-electron chi connectivity index (χ2n) is 5.26. The van der Waals surface area contributed by atoms with Crippen LogP contribution >= 0.6 is 11.8 Å². The Morgan fingerprint density at radius 3 is 2.79 bits per heavy atom. The summed E-state index contributed by atoms with van der Waals surface area (Å²) in [7, 11) is 0. The van der Waals surface area contributed by atoms with Crippen LogP contribution in [-0.2, 0) is 12.2 Å². The summed E-state index contributed by atoms with van der Waals surface area (Å²) in [6.07, 6.45) is 0.848. The third-order valence-electron chi connectivity index (χ3n) is 2.79. The molecule has 2 aromatic rings. The summed E-state index contributed by atoms with van der Waals surface area (Å²) in [6.45, 7) is 8.53. The van der Waals surface area contributed by atoms with Crippen molar-refractivity contribution in [1.29, 1.82) is 0 Å². The van der Waals surface area contributed by atoms with E-state index >= 15 is 0 Å². The Hall–Kier alpha value is -1.29. The zero-order valence-corrected chi connectivity index (χ0v) is 12.8. The largest absolute Gasteiger partial charge is 0.339 e. The summed E-state index contributed by atoms with van der Waals surface area (Å²) in [5.74, 6) is 2.82. The van der Waals surface area contributed by atoms with Gasteiger partial charge in [0.05, 0.1) is 5.75 Å². The third kappa shape index (κ3) is 4.10. The Morgan fingerprint density at radius 2 is 2.05 bits per heavy atom. The topological polar surface area (TPSA) is 38.9 Å². The van der Waals surface area contributed by atoms with E-state index in [1.807, 2.05) is 0 Å². The highest BCUT2D eigenvalue weighted by molar-refractivity contribution is 7.98. The van der Waals surface area contributed by atoms with Crippen molar-refractivity contribution in [3.8, 4) is 0 Å². The predicted octanol–water partition coefficient (Wildman–Crippen LogP) is 4.18. The van der Waals surface area contributed by atoms with Gasteiger partial charge in [-0.05, 0) is 31.4 Å². The van der Waals surface area contributed by atoms with Crippen LogP contribution in [0.5, 0.6) is 0 Å². The Morgan fingerprint density at radius 1 is 1.26 bits per heavy atom. The van der Waals surface area contributed by atoms with Crippen molar-refractivity contribution in [2.24, 2.45) is 5.92 Å². The maximum Gasteiger partial charge on any atom is 0.226 e. The minimum Gasteiger partial charge on any atom is -0.339 e. The van der Waals surface area contributed by atoms with Gasteiger partial charge < -0.3 is 4.52 Å². The molecule has 0 bridgehead atoms. The van der Waals surface area contributed by atoms with Gasteiger partial charge in [-0.15, -0.1) is 11.8 Å². The molecule has 4 heteroatoms. The Kier molecular flexibility index (Phi) is 4.64. The summed E-state index contributed by atoms with van der Waals surface area (Å²) in [5.41, 5.74) is 2.57. The fourth-order valence-electron chi connectivity index (χ4n) is 1.79. The second kappa shape index (κ2) is 6.24. The van der Waals surface area contributed by atoms with Crippen LogP contribution in [0, 0.1) is 19.8 Å². The molecule has 0 unspecified atom stereocenters. The van der Waals surface area contributed by atoms with Crippen molar-refractivity contribution in [3.05, 3.63) is 41.0 Å². The molecule has 0 radical (unpaired) electrons. The van der Waals surface area contributed by atoms with Crippen LogP contribution < -0.4 is 0 Å². The van der Waals surface area contributed by atoms with E-state index in [4.69, 9.17) is 4.52 Å². The molecular weight excluding hydrogens is 256 g/mol. The summed E-state index contributed by atoms with van der Waals surface area (Å²) in [4.78, 5) is 5.71. The molecule has 1 aromatic carbocycles. The van der Waals surface area contributed by atoms with Gasteiger partial charge >= 0.3 is 0 Å². The Bertz CT molecular complexity index is 549. The summed E-state index contributed by atoms with van der Waals surface area (Å²) in [6, 6.07) is 6.49. The third-order valence-corrected chi connectivity index (χ3v) is 3.95. The van der Waals surface area contributed by atoms with Crippen LogP contribution in [-0.4, -0.2) is 10.1 Å². The van der Waals surface area contributed by atoms with Gasteiger partial charge in [-0.2, -0.15) is 4.98 Å². The molecule has 3 nitrogen and oxygen atoms in total. The van der Waals surface area contributed by atoms with E-state index in [1.165, 1.54) is 16.0 Å². The number of thioether (sulfide) groups is 1. The highest BCUT2D eigenvalue weighted by atomic mass is 32.2. The van der Waals surface area contributed by atoms with Gasteiger partial charge in [-0.25, -0.2) is 0 Å². The van der Waals surface area contributed by atoms with Gasteiger partial charge in [0.1, 0.15) is 0 Å². The zero-order valence-electron chi connectivity index (χ0n) is 11.9. The molecule has 2 rings (SSSR count). The Labute approximate surface area is 118 Å². The fraction of sp³-hybridized carbons (Fsp3) is 0.467. The van der Waals surface area contributed by atoms with E-state index in [2.05, 4.69) is 56.0 Å². The lowest BCUT2D eigenvalue weighted by Crippen LogP contribution is -1.94. The molecule has 0 spiro atoms. The van der Waals surface area contributed by atoms with E-state index in [-0.39, 0.29) is 0 Å². The van der Waals surface area contributed by atoms with E-state index in [1.54, 1.807) is 11.8 Å². The molecule has 0 saturated carbocycles. The number of hydrogen-bond donors (Lipinski definition) is 0. The van der Waals surface area contributed by atoms with Crippen molar-refractivity contribution in [2.75, 3.05) is 0 Å². The van der Waals surface area contributed by atoms with Crippen LogP contribution in [0.3, 0.4) is 0 Å².